The van der Waals surface area contributed by atoms with Crippen LogP contribution in [0.2, 0.25) is 0 Å². The highest BCUT2D eigenvalue weighted by Crippen LogP contribution is 2.49. The summed E-state index contributed by atoms with van der Waals surface area (Å²) in [5, 5.41) is 0. The van der Waals surface area contributed by atoms with Crippen LogP contribution in [0, 0.1) is 5.92 Å². The number of benzene rings is 2. The molecule has 2 heteroatoms. The molecule has 0 radical (unpaired) electrons. The van der Waals surface area contributed by atoms with Gasteiger partial charge in [0.05, 0.1) is 0 Å². The molecule has 114 valence electrons. The van der Waals surface area contributed by atoms with Gasteiger partial charge < -0.3 is 4.90 Å². The first-order valence-corrected chi connectivity index (χ1v) is 8.00. The van der Waals surface area contributed by atoms with Crippen molar-refractivity contribution in [3.63, 3.8) is 0 Å². The van der Waals surface area contributed by atoms with Crippen molar-refractivity contribution in [2.45, 2.75) is 25.7 Å². The van der Waals surface area contributed by atoms with Crippen molar-refractivity contribution in [1.29, 1.82) is 0 Å². The lowest BCUT2D eigenvalue weighted by Crippen LogP contribution is -2.08. The zero-order chi connectivity index (χ0) is 15.7. The van der Waals surface area contributed by atoms with Gasteiger partial charge in [0.15, 0.2) is 5.78 Å². The smallest absolute Gasteiger partial charge is 0.166 e. The molecule has 22 heavy (non-hydrogen) atoms. The number of ketones is 1. The van der Waals surface area contributed by atoms with Gasteiger partial charge in [0.1, 0.15) is 0 Å². The second-order valence-corrected chi connectivity index (χ2v) is 6.35. The maximum absolute atomic E-state index is 12.6. The quantitative estimate of drug-likeness (QED) is 0.766. The summed E-state index contributed by atoms with van der Waals surface area (Å²) < 4.78 is 0. The van der Waals surface area contributed by atoms with Crippen LogP contribution in [0.3, 0.4) is 0 Å². The van der Waals surface area contributed by atoms with Crippen molar-refractivity contribution in [3.05, 3.63) is 65.2 Å². The highest BCUT2D eigenvalue weighted by Gasteiger charge is 2.43. The molecule has 0 aliphatic heterocycles. The molecule has 1 aliphatic rings. The van der Waals surface area contributed by atoms with E-state index in [0.717, 1.165) is 18.4 Å². The van der Waals surface area contributed by atoms with Gasteiger partial charge in [0.2, 0.25) is 0 Å². The fraction of sp³-hybridized carbons (Fsp3) is 0.350. The number of hydrogen-bond acceptors (Lipinski definition) is 2. The van der Waals surface area contributed by atoms with E-state index in [1.54, 1.807) is 0 Å². The van der Waals surface area contributed by atoms with Gasteiger partial charge in [0.25, 0.3) is 0 Å². The molecular formula is C20H23NO. The van der Waals surface area contributed by atoms with E-state index in [1.807, 2.05) is 26.2 Å². The van der Waals surface area contributed by atoms with E-state index in [9.17, 15) is 4.79 Å². The minimum Gasteiger partial charge on any atom is -0.378 e. The van der Waals surface area contributed by atoms with Crippen molar-refractivity contribution in [2.75, 3.05) is 19.0 Å². The highest BCUT2D eigenvalue weighted by molar-refractivity contribution is 6.00. The summed E-state index contributed by atoms with van der Waals surface area (Å²) in [5.74, 6) is 0.858. The Bertz CT molecular complexity index is 655. The summed E-state index contributed by atoms with van der Waals surface area (Å²) in [4.78, 5) is 14.6. The zero-order valence-corrected chi connectivity index (χ0v) is 13.5. The third kappa shape index (κ3) is 2.92. The maximum atomic E-state index is 12.6. The monoisotopic (exact) mass is 293 g/mol. The number of nitrogens with zero attached hydrogens (tertiary/aromatic N) is 1. The van der Waals surface area contributed by atoms with Crippen LogP contribution in [0.25, 0.3) is 0 Å². The number of hydrogen-bond donors (Lipinski definition) is 0. The van der Waals surface area contributed by atoms with E-state index >= 15 is 0 Å². The SMILES string of the molecule is CCc1ccc(C(=O)C2CC2c2ccc(N(C)C)cc2)cc1. The summed E-state index contributed by atoms with van der Waals surface area (Å²) in [5.41, 5.74) is 4.62. The molecule has 0 saturated heterocycles. The van der Waals surface area contributed by atoms with E-state index in [1.165, 1.54) is 16.8 Å². The molecule has 2 unspecified atom stereocenters. The first kappa shape index (κ1) is 14.8. The zero-order valence-electron chi connectivity index (χ0n) is 13.5. The number of carbonyl (C=O) groups is 1. The Labute approximate surface area is 132 Å². The topological polar surface area (TPSA) is 20.3 Å². The van der Waals surface area contributed by atoms with Gasteiger partial charge >= 0.3 is 0 Å². The number of Topliss-reactive ketones (excluding diaryl/α,β-unsaturated/α-hetero) is 1. The molecule has 0 N–H and O–H groups in total. The van der Waals surface area contributed by atoms with Crippen molar-refractivity contribution < 1.29 is 4.79 Å². The molecule has 0 spiro atoms. The Morgan fingerprint density at radius 3 is 2.23 bits per heavy atom. The molecule has 0 bridgehead atoms. The van der Waals surface area contributed by atoms with Crippen LogP contribution in [0.1, 0.15) is 40.7 Å². The van der Waals surface area contributed by atoms with Crippen molar-refractivity contribution in [1.82, 2.24) is 0 Å². The molecule has 3 rings (SSSR count). The Kier molecular flexibility index (Phi) is 4.02. The van der Waals surface area contributed by atoms with Gasteiger partial charge in [-0.05, 0) is 42.0 Å². The van der Waals surface area contributed by atoms with Crippen molar-refractivity contribution in [2.24, 2.45) is 5.92 Å². The summed E-state index contributed by atoms with van der Waals surface area (Å²) in [6, 6.07) is 16.7. The molecule has 2 atom stereocenters. The summed E-state index contributed by atoms with van der Waals surface area (Å²) >= 11 is 0. The lowest BCUT2D eigenvalue weighted by molar-refractivity contribution is 0.0965. The van der Waals surface area contributed by atoms with E-state index in [2.05, 4.69) is 48.2 Å². The summed E-state index contributed by atoms with van der Waals surface area (Å²) in [7, 11) is 4.08. The molecule has 1 saturated carbocycles. The fourth-order valence-electron chi connectivity index (χ4n) is 2.99. The second kappa shape index (κ2) is 5.96. The molecule has 1 fully saturated rings. The first-order valence-electron chi connectivity index (χ1n) is 8.00. The first-order chi connectivity index (χ1) is 10.6. The number of anilines is 1. The summed E-state index contributed by atoms with van der Waals surface area (Å²) in [6.45, 7) is 2.13. The predicted octanol–water partition coefficient (Wildman–Crippen LogP) is 4.30. The lowest BCUT2D eigenvalue weighted by Gasteiger charge is -2.12. The molecule has 2 aromatic carbocycles. The Hall–Kier alpha value is -2.09. The second-order valence-electron chi connectivity index (χ2n) is 6.35. The van der Waals surface area contributed by atoms with Crippen LogP contribution in [-0.2, 0) is 6.42 Å². The fourth-order valence-corrected chi connectivity index (χ4v) is 2.99. The van der Waals surface area contributed by atoms with E-state index in [-0.39, 0.29) is 5.92 Å². The summed E-state index contributed by atoms with van der Waals surface area (Å²) in [6.07, 6.45) is 1.99. The predicted molar refractivity (Wildman–Crippen MR) is 91.8 cm³/mol. The Morgan fingerprint density at radius 1 is 1.05 bits per heavy atom. The molecule has 2 nitrogen and oxygen atoms in total. The Balaban J connectivity index is 1.69. The molecule has 1 aliphatic carbocycles. The molecule has 0 heterocycles. The standard InChI is InChI=1S/C20H23NO/c1-4-14-5-7-16(8-6-14)20(22)19-13-18(19)15-9-11-17(12-10-15)21(2)3/h5-12,18-19H,4,13H2,1-3H3. The molecule has 0 amide bonds. The van der Waals surface area contributed by atoms with Gasteiger partial charge in [-0.15, -0.1) is 0 Å². The van der Waals surface area contributed by atoms with E-state index in [4.69, 9.17) is 0 Å². The van der Waals surface area contributed by atoms with Gasteiger partial charge in [-0.25, -0.2) is 0 Å². The number of carbonyl (C=O) groups excluding carboxylic acids is 1. The van der Waals surface area contributed by atoms with Gasteiger partial charge in [-0.3, -0.25) is 4.79 Å². The average Bonchev–Trinajstić information content (AvgIpc) is 3.35. The van der Waals surface area contributed by atoms with Gasteiger partial charge in [-0.1, -0.05) is 43.3 Å². The van der Waals surface area contributed by atoms with Crippen molar-refractivity contribution >= 4 is 11.5 Å². The highest BCUT2D eigenvalue weighted by atomic mass is 16.1. The third-order valence-electron chi connectivity index (χ3n) is 4.61. The van der Waals surface area contributed by atoms with Crippen molar-refractivity contribution in [3.8, 4) is 0 Å². The maximum Gasteiger partial charge on any atom is 0.166 e. The van der Waals surface area contributed by atoms with Gasteiger partial charge in [-0.2, -0.15) is 0 Å². The number of aryl methyl sites for hydroxylation is 1. The van der Waals surface area contributed by atoms with Crippen LogP contribution in [0.4, 0.5) is 5.69 Å². The average molecular weight is 293 g/mol. The van der Waals surface area contributed by atoms with Crippen LogP contribution in [0.15, 0.2) is 48.5 Å². The van der Waals surface area contributed by atoms with E-state index < -0.39 is 0 Å². The van der Waals surface area contributed by atoms with Crippen LogP contribution < -0.4 is 4.90 Å². The third-order valence-corrected chi connectivity index (χ3v) is 4.61. The normalized spacial score (nSPS) is 19.8. The minimum atomic E-state index is 0.165. The molecular weight excluding hydrogens is 270 g/mol. The lowest BCUT2D eigenvalue weighted by atomic mass is 10.0. The molecule has 0 aromatic heterocycles. The number of rotatable bonds is 5. The largest absolute Gasteiger partial charge is 0.378 e. The van der Waals surface area contributed by atoms with Crippen LogP contribution in [-0.4, -0.2) is 19.9 Å². The van der Waals surface area contributed by atoms with Crippen LogP contribution >= 0.6 is 0 Å². The minimum absolute atomic E-state index is 0.165. The van der Waals surface area contributed by atoms with Crippen LogP contribution in [0.5, 0.6) is 0 Å². The van der Waals surface area contributed by atoms with E-state index in [0.29, 0.717) is 11.7 Å². The Morgan fingerprint density at radius 2 is 1.68 bits per heavy atom. The van der Waals surface area contributed by atoms with Gasteiger partial charge in [0, 0.05) is 31.3 Å². The molecule has 2 aromatic rings.